The highest BCUT2D eigenvalue weighted by molar-refractivity contribution is 5.34. The van der Waals surface area contributed by atoms with Gasteiger partial charge in [0.1, 0.15) is 5.69 Å². The van der Waals surface area contributed by atoms with Crippen LogP contribution in [0.25, 0.3) is 5.69 Å². The predicted molar refractivity (Wildman–Crippen MR) is 80.8 cm³/mol. The summed E-state index contributed by atoms with van der Waals surface area (Å²) in [5.74, 6) is 0.0184. The van der Waals surface area contributed by atoms with Gasteiger partial charge in [-0.05, 0) is 31.4 Å². The first-order chi connectivity index (χ1) is 10.8. The molecule has 116 valence electrons. The minimum atomic E-state index is 0.0184. The van der Waals surface area contributed by atoms with Crippen molar-refractivity contribution in [2.45, 2.75) is 38.0 Å². The number of aromatic nitrogens is 3. The highest BCUT2D eigenvalue weighted by Crippen LogP contribution is 2.31. The summed E-state index contributed by atoms with van der Waals surface area (Å²) >= 11 is 0. The maximum atomic E-state index is 10.1. The molecule has 2 atom stereocenters. The molecule has 6 nitrogen and oxygen atoms in total. The summed E-state index contributed by atoms with van der Waals surface area (Å²) in [4.78, 5) is 2.40. The molecule has 0 radical (unpaired) electrons. The SMILES string of the molecule is Oc1nnn(-c2ccccc2)c1CN1CCO[C@@H]2CCC[C@H]21. The molecular weight excluding hydrogens is 280 g/mol. The van der Waals surface area contributed by atoms with Crippen LogP contribution >= 0.6 is 0 Å². The number of aromatic hydroxyl groups is 1. The van der Waals surface area contributed by atoms with E-state index in [1.54, 1.807) is 4.68 Å². The summed E-state index contributed by atoms with van der Waals surface area (Å²) in [6.07, 6.45) is 3.87. The number of nitrogens with zero attached hydrogens (tertiary/aromatic N) is 4. The van der Waals surface area contributed by atoms with E-state index in [1.165, 1.54) is 12.8 Å². The van der Waals surface area contributed by atoms with Gasteiger partial charge in [-0.15, -0.1) is 0 Å². The minimum absolute atomic E-state index is 0.0184. The molecular formula is C16H20N4O2. The minimum Gasteiger partial charge on any atom is -0.491 e. The number of para-hydroxylation sites is 1. The van der Waals surface area contributed by atoms with E-state index in [1.807, 2.05) is 30.3 Å². The van der Waals surface area contributed by atoms with Crippen molar-refractivity contribution in [3.63, 3.8) is 0 Å². The van der Waals surface area contributed by atoms with Crippen LogP contribution in [0.4, 0.5) is 0 Å². The molecule has 2 aromatic rings. The molecule has 1 aromatic carbocycles. The third-order valence-electron chi connectivity index (χ3n) is 4.69. The molecule has 0 bridgehead atoms. The largest absolute Gasteiger partial charge is 0.491 e. The van der Waals surface area contributed by atoms with Crippen LogP contribution in [-0.2, 0) is 11.3 Å². The van der Waals surface area contributed by atoms with Gasteiger partial charge >= 0.3 is 0 Å². The zero-order valence-corrected chi connectivity index (χ0v) is 12.4. The molecule has 1 aliphatic carbocycles. The van der Waals surface area contributed by atoms with Crippen molar-refractivity contribution in [3.05, 3.63) is 36.0 Å². The second-order valence-electron chi connectivity index (χ2n) is 5.99. The van der Waals surface area contributed by atoms with Gasteiger partial charge in [0.15, 0.2) is 0 Å². The first-order valence-electron chi connectivity index (χ1n) is 7.87. The van der Waals surface area contributed by atoms with Crippen LogP contribution in [0.1, 0.15) is 25.0 Å². The van der Waals surface area contributed by atoms with E-state index < -0.39 is 0 Å². The monoisotopic (exact) mass is 300 g/mol. The van der Waals surface area contributed by atoms with Crippen LogP contribution in [0.15, 0.2) is 30.3 Å². The smallest absolute Gasteiger partial charge is 0.256 e. The molecule has 1 aromatic heterocycles. The summed E-state index contributed by atoms with van der Waals surface area (Å²) in [5, 5.41) is 18.1. The zero-order chi connectivity index (χ0) is 14.9. The number of rotatable bonds is 3. The maximum Gasteiger partial charge on any atom is 0.256 e. The molecule has 0 amide bonds. The van der Waals surface area contributed by atoms with Crippen molar-refractivity contribution in [1.29, 1.82) is 0 Å². The third-order valence-corrected chi connectivity index (χ3v) is 4.69. The second-order valence-corrected chi connectivity index (χ2v) is 5.99. The lowest BCUT2D eigenvalue weighted by atomic mass is 10.1. The van der Waals surface area contributed by atoms with E-state index in [4.69, 9.17) is 4.74 Å². The highest BCUT2D eigenvalue weighted by Gasteiger charge is 2.36. The lowest BCUT2D eigenvalue weighted by Crippen LogP contribution is -2.48. The van der Waals surface area contributed by atoms with Crippen LogP contribution in [-0.4, -0.2) is 50.3 Å². The summed E-state index contributed by atoms with van der Waals surface area (Å²) in [6.45, 7) is 2.30. The molecule has 0 spiro atoms. The van der Waals surface area contributed by atoms with Crippen molar-refractivity contribution in [3.8, 4) is 11.6 Å². The number of fused-ring (bicyclic) bond motifs is 1. The molecule has 2 fully saturated rings. The van der Waals surface area contributed by atoms with Crippen molar-refractivity contribution < 1.29 is 9.84 Å². The van der Waals surface area contributed by atoms with Gasteiger partial charge in [-0.1, -0.05) is 28.5 Å². The molecule has 1 saturated heterocycles. The molecule has 6 heteroatoms. The van der Waals surface area contributed by atoms with Crippen molar-refractivity contribution in [2.75, 3.05) is 13.2 Å². The Hall–Kier alpha value is -1.92. The van der Waals surface area contributed by atoms with E-state index in [0.717, 1.165) is 31.0 Å². The Morgan fingerprint density at radius 1 is 1.23 bits per heavy atom. The quantitative estimate of drug-likeness (QED) is 0.935. The molecule has 4 rings (SSSR count). The van der Waals surface area contributed by atoms with E-state index in [2.05, 4.69) is 15.2 Å². The Kier molecular flexibility index (Phi) is 3.56. The van der Waals surface area contributed by atoms with Gasteiger partial charge in [0, 0.05) is 19.1 Å². The van der Waals surface area contributed by atoms with Crippen molar-refractivity contribution in [2.24, 2.45) is 0 Å². The highest BCUT2D eigenvalue weighted by atomic mass is 16.5. The molecule has 1 N–H and O–H groups in total. The number of ether oxygens (including phenoxy) is 1. The second kappa shape index (κ2) is 5.70. The van der Waals surface area contributed by atoms with Crippen molar-refractivity contribution in [1.82, 2.24) is 19.9 Å². The normalized spacial score (nSPS) is 25.3. The Labute approximate surface area is 129 Å². The van der Waals surface area contributed by atoms with E-state index >= 15 is 0 Å². The van der Waals surface area contributed by atoms with Gasteiger partial charge in [0.2, 0.25) is 0 Å². The summed E-state index contributed by atoms with van der Waals surface area (Å²) in [5.41, 5.74) is 1.67. The van der Waals surface area contributed by atoms with Crippen LogP contribution < -0.4 is 0 Å². The molecule has 1 saturated carbocycles. The summed E-state index contributed by atoms with van der Waals surface area (Å²) < 4.78 is 7.59. The number of hydrogen-bond donors (Lipinski definition) is 1. The van der Waals surface area contributed by atoms with Crippen LogP contribution in [0.5, 0.6) is 5.88 Å². The van der Waals surface area contributed by atoms with E-state index in [9.17, 15) is 5.11 Å². The van der Waals surface area contributed by atoms with Crippen LogP contribution in [0.3, 0.4) is 0 Å². The number of benzene rings is 1. The zero-order valence-electron chi connectivity index (χ0n) is 12.4. The standard InChI is InChI=1S/C16H20N4O2/c21-16-14(20(18-17-16)12-5-2-1-3-6-12)11-19-9-10-22-15-8-4-7-13(15)19/h1-3,5-6,13,15,21H,4,7-11H2/t13-,15-/m1/s1. The average Bonchev–Trinajstić information content (AvgIpc) is 3.16. The van der Waals surface area contributed by atoms with Gasteiger partial charge in [0.05, 0.1) is 18.4 Å². The van der Waals surface area contributed by atoms with Gasteiger partial charge < -0.3 is 9.84 Å². The molecule has 2 heterocycles. The lowest BCUT2D eigenvalue weighted by molar-refractivity contribution is -0.0595. The molecule has 1 aliphatic heterocycles. The molecule has 22 heavy (non-hydrogen) atoms. The van der Waals surface area contributed by atoms with E-state index in [-0.39, 0.29) is 5.88 Å². The fourth-order valence-electron chi connectivity index (χ4n) is 3.60. The Balaban J connectivity index is 1.62. The fourth-order valence-corrected chi connectivity index (χ4v) is 3.60. The topological polar surface area (TPSA) is 63.4 Å². The number of hydrogen-bond acceptors (Lipinski definition) is 5. The average molecular weight is 300 g/mol. The fraction of sp³-hybridized carbons (Fsp3) is 0.500. The predicted octanol–water partition coefficient (Wildman–Crippen LogP) is 1.73. The molecule has 0 unspecified atom stereocenters. The van der Waals surface area contributed by atoms with Gasteiger partial charge in [-0.2, -0.15) is 0 Å². The maximum absolute atomic E-state index is 10.1. The van der Waals surface area contributed by atoms with Gasteiger partial charge in [0.25, 0.3) is 5.88 Å². The third kappa shape index (κ3) is 2.38. The number of morpholine rings is 1. The first kappa shape index (κ1) is 13.7. The first-order valence-corrected chi connectivity index (χ1v) is 7.87. The molecule has 2 aliphatic rings. The van der Waals surface area contributed by atoms with Crippen molar-refractivity contribution >= 4 is 0 Å². The van der Waals surface area contributed by atoms with Gasteiger partial charge in [-0.3, -0.25) is 4.90 Å². The summed E-state index contributed by atoms with van der Waals surface area (Å²) in [6, 6.07) is 10.3. The van der Waals surface area contributed by atoms with E-state index in [0.29, 0.717) is 18.7 Å². The Bertz CT molecular complexity index is 643. The Morgan fingerprint density at radius 3 is 2.95 bits per heavy atom. The van der Waals surface area contributed by atoms with Crippen LogP contribution in [0, 0.1) is 0 Å². The Morgan fingerprint density at radius 2 is 2.09 bits per heavy atom. The summed E-state index contributed by atoms with van der Waals surface area (Å²) in [7, 11) is 0. The van der Waals surface area contributed by atoms with Gasteiger partial charge in [-0.25, -0.2) is 4.68 Å². The van der Waals surface area contributed by atoms with Crippen LogP contribution in [0.2, 0.25) is 0 Å². The lowest BCUT2D eigenvalue weighted by Gasteiger charge is -2.37.